The molecule has 3 aromatic heterocycles. The third kappa shape index (κ3) is 5.79. The number of rotatable bonds is 8. The van der Waals surface area contributed by atoms with Crippen LogP contribution in [0, 0.1) is 0 Å². The first kappa shape index (κ1) is 29.3. The third-order valence-corrected chi connectivity index (χ3v) is 9.41. The average Bonchev–Trinajstić information content (AvgIpc) is 4.03. The van der Waals surface area contributed by atoms with E-state index in [1.807, 2.05) is 49.5 Å². The van der Waals surface area contributed by atoms with Crippen LogP contribution < -0.4 is 4.67 Å². The summed E-state index contributed by atoms with van der Waals surface area (Å²) in [6.45, 7) is 0.702. The Balaban J connectivity index is 1.05. The molecule has 0 spiro atoms. The van der Waals surface area contributed by atoms with Gasteiger partial charge in [0, 0.05) is 54.5 Å². The summed E-state index contributed by atoms with van der Waals surface area (Å²) in [4.78, 5) is 15.6. The van der Waals surface area contributed by atoms with Gasteiger partial charge in [-0.15, -0.1) is 4.67 Å². The zero-order chi connectivity index (χ0) is 33.3. The van der Waals surface area contributed by atoms with E-state index in [1.54, 1.807) is 0 Å². The van der Waals surface area contributed by atoms with Crippen LogP contribution in [0.25, 0.3) is 78.0 Å². The van der Waals surface area contributed by atoms with Crippen LogP contribution in [0.4, 0.5) is 0 Å². The highest BCUT2D eigenvalue weighted by atomic mass is 14.7. The van der Waals surface area contributed by atoms with Crippen molar-refractivity contribution in [2.45, 2.75) is 0 Å². The lowest BCUT2D eigenvalue weighted by molar-refractivity contribution is 1.30. The maximum absolute atomic E-state index is 4.44. The summed E-state index contributed by atoms with van der Waals surface area (Å²) in [7, 11) is 0. The summed E-state index contributed by atoms with van der Waals surface area (Å²) in [5, 5.41) is 0. The van der Waals surface area contributed by atoms with Crippen molar-refractivity contribution in [2.75, 3.05) is 6.54 Å². The molecule has 0 amide bonds. The average molecular weight is 643 g/mol. The Labute approximate surface area is 290 Å². The molecule has 2 N–H and O–H groups in total. The number of aromatic nitrogens is 3. The largest absolute Gasteiger partial charge is 0.367 e. The molecule has 4 aromatic carbocycles. The molecular weight excluding hydrogens is 611 g/mol. The monoisotopic (exact) mass is 642 g/mol. The predicted molar refractivity (Wildman–Crippen MR) is 209 cm³/mol. The van der Waals surface area contributed by atoms with Gasteiger partial charge in [-0.2, -0.15) is 0 Å². The number of benzene rings is 4. The summed E-state index contributed by atoms with van der Waals surface area (Å²) in [6, 6.07) is 39.5. The summed E-state index contributed by atoms with van der Waals surface area (Å²) < 4.78 is 4.31. The number of nitrogens with zero attached hydrogens (tertiary/aromatic N) is 3. The van der Waals surface area contributed by atoms with E-state index in [2.05, 4.69) is 146 Å². The van der Waals surface area contributed by atoms with Crippen molar-refractivity contribution in [1.29, 1.82) is 0 Å². The number of nitrogens with one attached hydrogen (secondary N) is 2. The molecule has 5 nitrogen and oxygen atoms in total. The Morgan fingerprint density at radius 2 is 1.20 bits per heavy atom. The molecule has 0 fully saturated rings. The number of pyridine rings is 1. The van der Waals surface area contributed by atoms with Gasteiger partial charge in [0.05, 0.1) is 12.1 Å². The van der Waals surface area contributed by atoms with Crippen molar-refractivity contribution < 1.29 is 0 Å². The van der Waals surface area contributed by atoms with Crippen LogP contribution in [0.1, 0.15) is 11.1 Å². The Hall–Kier alpha value is -6.81. The number of aromatic amines is 2. The zero-order valence-electron chi connectivity index (χ0n) is 27.2. The fourth-order valence-electron chi connectivity index (χ4n) is 6.78. The molecule has 0 bridgehead atoms. The van der Waals surface area contributed by atoms with Crippen molar-refractivity contribution in [3.63, 3.8) is 0 Å². The fraction of sp³-hybridized carbons (Fsp3) is 0.0222. The molecule has 5 heterocycles. The van der Waals surface area contributed by atoms with E-state index in [0.717, 1.165) is 72.5 Å². The van der Waals surface area contributed by atoms with E-state index in [9.17, 15) is 0 Å². The highest BCUT2D eigenvalue weighted by Gasteiger charge is 2.15. The van der Waals surface area contributed by atoms with Crippen molar-refractivity contribution >= 4 is 29.8 Å². The molecule has 236 valence electrons. The molecule has 0 unspecified atom stereocenters. The predicted octanol–water partition coefficient (Wildman–Crippen LogP) is 9.81. The van der Waals surface area contributed by atoms with Gasteiger partial charge >= 0.3 is 0 Å². The summed E-state index contributed by atoms with van der Waals surface area (Å²) in [5.74, 6) is 0. The number of hydrogen-bond acceptors (Lipinski definition) is 2. The Morgan fingerprint density at radius 3 is 1.88 bits per heavy atom. The van der Waals surface area contributed by atoms with Gasteiger partial charge in [0.15, 0.2) is 0 Å². The minimum atomic E-state index is 0.702. The van der Waals surface area contributed by atoms with Crippen LogP contribution in [0.5, 0.6) is 0 Å². The first-order valence-electron chi connectivity index (χ1n) is 16.7. The van der Waals surface area contributed by atoms with E-state index in [1.165, 1.54) is 16.7 Å². The maximum atomic E-state index is 4.44. The van der Waals surface area contributed by atoms with Crippen LogP contribution in [-0.4, -0.2) is 40.1 Å². The van der Waals surface area contributed by atoms with E-state index >= 15 is 0 Å². The molecular formula is C45H32N5+. The van der Waals surface area contributed by atoms with Gasteiger partial charge in [0.2, 0.25) is 0 Å². The van der Waals surface area contributed by atoms with Gasteiger partial charge in [-0.1, -0.05) is 42.5 Å². The molecule has 0 saturated heterocycles. The van der Waals surface area contributed by atoms with Crippen molar-refractivity contribution in [1.82, 2.24) is 19.6 Å². The molecule has 5 heteroatoms. The number of H-pyrrole nitrogens is 2. The van der Waals surface area contributed by atoms with Crippen LogP contribution in [0.2, 0.25) is 0 Å². The maximum Gasteiger partial charge on any atom is 0.300 e. The van der Waals surface area contributed by atoms with Crippen LogP contribution in [-0.2, 0) is 0 Å². The molecule has 9 rings (SSSR count). The molecule has 0 saturated carbocycles. The number of hydrogen-bond donors (Lipinski definition) is 2. The van der Waals surface area contributed by atoms with Crippen LogP contribution in [0.3, 0.4) is 0 Å². The Bertz CT molecular complexity index is 2540. The normalized spacial score (nSPS) is 13.2. The molecule has 2 aliphatic heterocycles. The minimum absolute atomic E-state index is 0.702. The highest BCUT2D eigenvalue weighted by Crippen LogP contribution is 2.36. The summed E-state index contributed by atoms with van der Waals surface area (Å²) >= 11 is 0. The molecule has 0 atom stereocenters. The highest BCUT2D eigenvalue weighted by molar-refractivity contribution is 6.17. The summed E-state index contributed by atoms with van der Waals surface area (Å²) in [5.41, 5.74) is 18.4. The zero-order valence-corrected chi connectivity index (χ0v) is 27.2. The molecule has 0 radical (unpaired) electrons. The summed E-state index contributed by atoms with van der Waals surface area (Å²) in [6.07, 6.45) is 19.7. The second-order valence-corrected chi connectivity index (χ2v) is 12.6. The van der Waals surface area contributed by atoms with Gasteiger partial charge in [0.25, 0.3) is 12.4 Å². The van der Waals surface area contributed by atoms with Gasteiger partial charge < -0.3 is 9.97 Å². The first-order chi connectivity index (χ1) is 24.7. The molecule has 0 aliphatic carbocycles. The van der Waals surface area contributed by atoms with E-state index in [4.69, 9.17) is 0 Å². The van der Waals surface area contributed by atoms with Gasteiger partial charge in [-0.05, 0) is 145 Å². The van der Waals surface area contributed by atoms with E-state index in [0.29, 0.717) is 6.54 Å². The van der Waals surface area contributed by atoms with Crippen molar-refractivity contribution in [2.24, 2.45) is 4.99 Å². The lowest BCUT2D eigenvalue weighted by Crippen LogP contribution is -1.91. The van der Waals surface area contributed by atoms with E-state index in [-0.39, 0.29) is 0 Å². The quantitative estimate of drug-likeness (QED) is 0.159. The second kappa shape index (κ2) is 12.7. The van der Waals surface area contributed by atoms with Crippen LogP contribution >= 0.6 is 0 Å². The standard InChI is InChI=1S/C45H32N5/c1-4-30(38-19-42(36-10-14-48-27-36)23-43(20-38)37-11-15-49-28-37)16-32(6-1)44-24-45(50-29-44)33-7-2-5-31(17-33)39-18-40(34-8-3-12-46-25-34)22-41(21-39)35-9-13-47-26-35/h1-25,27-29,48,50H,26H2/q+1. The first-order valence-corrected chi connectivity index (χ1v) is 16.7. The minimum Gasteiger partial charge on any atom is -0.367 e. The van der Waals surface area contributed by atoms with Gasteiger partial charge in [-0.3, -0.25) is 9.98 Å². The Kier molecular flexibility index (Phi) is 7.43. The fourth-order valence-corrected chi connectivity index (χ4v) is 6.78. The molecule has 2 aliphatic rings. The smallest absolute Gasteiger partial charge is 0.300 e. The Morgan fingerprint density at radius 1 is 0.540 bits per heavy atom. The van der Waals surface area contributed by atoms with Crippen molar-refractivity contribution in [3.8, 4) is 66.9 Å². The molecule has 50 heavy (non-hydrogen) atoms. The van der Waals surface area contributed by atoms with Gasteiger partial charge in [-0.25, -0.2) is 0 Å². The lowest BCUT2D eigenvalue weighted by atomic mass is 9.92. The SMILES string of the molecule is C1=NCC(c2cc(-c3cccnc3)cc(-c3cccc(-c4cc(-c5cccc(-c6cc(C7=CC=[N+]=C7)cc(-c7cc[nH]c7)c6)c5)c[nH]4)c3)c2)=C1. The van der Waals surface area contributed by atoms with Crippen molar-refractivity contribution in [3.05, 3.63) is 163 Å². The van der Waals surface area contributed by atoms with Gasteiger partial charge in [0.1, 0.15) is 0 Å². The van der Waals surface area contributed by atoms with Crippen LogP contribution in [0.15, 0.2) is 157 Å². The topological polar surface area (TPSA) is 70.9 Å². The number of allylic oxidation sites excluding steroid dienone is 3. The number of aliphatic imine (C=N–C) groups is 1. The molecule has 7 aromatic rings. The van der Waals surface area contributed by atoms with E-state index < -0.39 is 0 Å². The lowest BCUT2D eigenvalue weighted by Gasteiger charge is -2.12. The third-order valence-electron chi connectivity index (χ3n) is 9.41. The second-order valence-electron chi connectivity index (χ2n) is 12.6.